The molecule has 1 fully saturated rings. The van der Waals surface area contributed by atoms with Gasteiger partial charge in [-0.25, -0.2) is 13.2 Å². The number of aryl methyl sites for hydroxylation is 1. The van der Waals surface area contributed by atoms with Crippen LogP contribution >= 0.6 is 0 Å². The van der Waals surface area contributed by atoms with Crippen LogP contribution in [0.25, 0.3) is 6.08 Å². The molecule has 0 unspecified atom stereocenters. The van der Waals surface area contributed by atoms with E-state index in [1.54, 1.807) is 35.5 Å². The van der Waals surface area contributed by atoms with Crippen LogP contribution < -0.4 is 0 Å². The van der Waals surface area contributed by atoms with Crippen molar-refractivity contribution in [3.63, 3.8) is 0 Å². The maximum Gasteiger partial charge on any atom is 0.339 e. The lowest BCUT2D eigenvalue weighted by atomic mass is 10.2. The normalized spacial score (nSPS) is 15.3. The standard InChI is InChI=1S/C23H29N3O5S/c1-4-31-23(28)21-16-18(2)26(19(21)3)17-22(27)24-11-13-25(14-12-24)32(29,30)15-10-20-8-6-5-7-9-20/h5-10,15-16H,4,11-14,17H2,1-3H3/b15-10+. The summed E-state index contributed by atoms with van der Waals surface area (Å²) < 4.78 is 33.5. The molecule has 1 saturated heterocycles. The second kappa shape index (κ2) is 10.1. The van der Waals surface area contributed by atoms with Crippen LogP contribution in [-0.4, -0.2) is 66.9 Å². The molecule has 9 heteroatoms. The van der Waals surface area contributed by atoms with Gasteiger partial charge in [-0.1, -0.05) is 30.3 Å². The lowest BCUT2D eigenvalue weighted by Crippen LogP contribution is -2.50. The predicted molar refractivity (Wildman–Crippen MR) is 122 cm³/mol. The van der Waals surface area contributed by atoms with Crippen LogP contribution in [0.4, 0.5) is 0 Å². The zero-order valence-corrected chi connectivity index (χ0v) is 19.5. The Bertz CT molecular complexity index is 1100. The Labute approximate surface area is 189 Å². The largest absolute Gasteiger partial charge is 0.462 e. The van der Waals surface area contributed by atoms with Gasteiger partial charge < -0.3 is 14.2 Å². The molecule has 1 amide bonds. The monoisotopic (exact) mass is 459 g/mol. The molecule has 0 aliphatic carbocycles. The minimum absolute atomic E-state index is 0.0950. The second-order valence-electron chi connectivity index (χ2n) is 7.63. The van der Waals surface area contributed by atoms with Crippen LogP contribution in [0.2, 0.25) is 0 Å². The van der Waals surface area contributed by atoms with Crippen molar-refractivity contribution >= 4 is 28.0 Å². The van der Waals surface area contributed by atoms with E-state index in [0.29, 0.717) is 24.3 Å². The van der Waals surface area contributed by atoms with Crippen molar-refractivity contribution in [2.45, 2.75) is 27.3 Å². The molecule has 8 nitrogen and oxygen atoms in total. The maximum absolute atomic E-state index is 12.9. The molecule has 1 aromatic carbocycles. The number of ether oxygens (including phenoxy) is 1. The summed E-state index contributed by atoms with van der Waals surface area (Å²) in [6, 6.07) is 11.0. The molecule has 172 valence electrons. The van der Waals surface area contributed by atoms with Crippen molar-refractivity contribution in [1.29, 1.82) is 0 Å². The molecule has 0 bridgehead atoms. The van der Waals surface area contributed by atoms with Crippen molar-refractivity contribution < 1.29 is 22.7 Å². The zero-order chi connectivity index (χ0) is 23.3. The Hall–Kier alpha value is -2.91. The molecule has 32 heavy (non-hydrogen) atoms. The van der Waals surface area contributed by atoms with Gasteiger partial charge in [0.1, 0.15) is 6.54 Å². The van der Waals surface area contributed by atoms with E-state index in [-0.39, 0.29) is 32.1 Å². The second-order valence-corrected chi connectivity index (χ2v) is 9.45. The molecule has 2 heterocycles. The summed E-state index contributed by atoms with van der Waals surface area (Å²) in [4.78, 5) is 26.6. The fourth-order valence-electron chi connectivity index (χ4n) is 3.70. The van der Waals surface area contributed by atoms with E-state index in [4.69, 9.17) is 4.74 Å². The van der Waals surface area contributed by atoms with Crippen LogP contribution in [-0.2, 0) is 26.1 Å². The smallest absolute Gasteiger partial charge is 0.339 e. The molecule has 0 N–H and O–H groups in total. The highest BCUT2D eigenvalue weighted by atomic mass is 32.2. The van der Waals surface area contributed by atoms with Gasteiger partial charge in [-0.2, -0.15) is 4.31 Å². The minimum atomic E-state index is -3.56. The van der Waals surface area contributed by atoms with Crippen LogP contribution in [0.5, 0.6) is 0 Å². The Kier molecular flexibility index (Phi) is 7.52. The summed E-state index contributed by atoms with van der Waals surface area (Å²) in [5.74, 6) is -0.513. The van der Waals surface area contributed by atoms with Crippen LogP contribution in [0.1, 0.15) is 34.2 Å². The van der Waals surface area contributed by atoms with Crippen molar-refractivity contribution in [2.75, 3.05) is 32.8 Å². The Balaban J connectivity index is 1.60. The SMILES string of the molecule is CCOC(=O)c1cc(C)n(CC(=O)N2CCN(S(=O)(=O)/C=C/c3ccccc3)CC2)c1C. The number of piperazine rings is 1. The molecule has 0 spiro atoms. The summed E-state index contributed by atoms with van der Waals surface area (Å²) in [6.07, 6.45) is 1.57. The third kappa shape index (κ3) is 5.46. The molecule has 0 saturated carbocycles. The first-order valence-corrected chi connectivity index (χ1v) is 12.1. The fraction of sp³-hybridized carbons (Fsp3) is 0.391. The van der Waals surface area contributed by atoms with Crippen molar-refractivity contribution in [1.82, 2.24) is 13.8 Å². The van der Waals surface area contributed by atoms with Crippen LogP contribution in [0.15, 0.2) is 41.8 Å². The first-order chi connectivity index (χ1) is 15.2. The molecule has 0 atom stereocenters. The maximum atomic E-state index is 12.9. The highest BCUT2D eigenvalue weighted by Gasteiger charge is 2.28. The quantitative estimate of drug-likeness (QED) is 0.594. The van der Waals surface area contributed by atoms with E-state index in [1.165, 1.54) is 9.71 Å². The summed E-state index contributed by atoms with van der Waals surface area (Å²) in [7, 11) is -3.56. The lowest BCUT2D eigenvalue weighted by Gasteiger charge is -2.33. The highest BCUT2D eigenvalue weighted by molar-refractivity contribution is 7.92. The zero-order valence-electron chi connectivity index (χ0n) is 18.7. The van der Waals surface area contributed by atoms with Gasteiger partial charge in [0.2, 0.25) is 15.9 Å². The molecular weight excluding hydrogens is 430 g/mol. The summed E-state index contributed by atoms with van der Waals surface area (Å²) in [5.41, 5.74) is 2.75. The van der Waals surface area contributed by atoms with Gasteiger partial charge in [0.05, 0.1) is 12.2 Å². The number of carbonyl (C=O) groups excluding carboxylic acids is 2. The Morgan fingerprint density at radius 1 is 1.06 bits per heavy atom. The summed E-state index contributed by atoms with van der Waals surface area (Å²) in [6.45, 7) is 6.88. The number of aromatic nitrogens is 1. The van der Waals surface area contributed by atoms with E-state index in [9.17, 15) is 18.0 Å². The molecule has 1 aromatic heterocycles. The van der Waals surface area contributed by atoms with Crippen LogP contribution in [0.3, 0.4) is 0 Å². The minimum Gasteiger partial charge on any atom is -0.462 e. The third-order valence-corrected chi connectivity index (χ3v) is 7.11. The van der Waals surface area contributed by atoms with Crippen LogP contribution in [0, 0.1) is 13.8 Å². The average Bonchev–Trinajstić information content (AvgIpc) is 3.07. The van der Waals surface area contributed by atoms with E-state index in [2.05, 4.69) is 0 Å². The molecule has 1 aliphatic heterocycles. The number of nitrogens with zero attached hydrogens (tertiary/aromatic N) is 3. The number of esters is 1. The van der Waals surface area contributed by atoms with Gasteiger partial charge >= 0.3 is 5.97 Å². The molecular formula is C23H29N3O5S. The van der Waals surface area contributed by atoms with E-state index >= 15 is 0 Å². The van der Waals surface area contributed by atoms with Crippen molar-refractivity contribution in [3.8, 4) is 0 Å². The number of hydrogen-bond acceptors (Lipinski definition) is 5. The van der Waals surface area contributed by atoms with Gasteiger partial charge in [0.25, 0.3) is 0 Å². The number of rotatable bonds is 7. The van der Waals surface area contributed by atoms with E-state index in [0.717, 1.165) is 11.3 Å². The van der Waals surface area contributed by atoms with E-state index < -0.39 is 16.0 Å². The van der Waals surface area contributed by atoms with Gasteiger partial charge in [0, 0.05) is 43.0 Å². The lowest BCUT2D eigenvalue weighted by molar-refractivity contribution is -0.133. The number of carbonyl (C=O) groups is 2. The summed E-state index contributed by atoms with van der Waals surface area (Å²) >= 11 is 0. The van der Waals surface area contributed by atoms with E-state index in [1.807, 2.05) is 37.3 Å². The van der Waals surface area contributed by atoms with Gasteiger partial charge in [0.15, 0.2) is 0 Å². The molecule has 2 aromatic rings. The predicted octanol–water partition coefficient (Wildman–Crippen LogP) is 2.43. The third-order valence-electron chi connectivity index (χ3n) is 5.55. The molecule has 0 radical (unpaired) electrons. The first kappa shape index (κ1) is 23.7. The van der Waals surface area contributed by atoms with Crippen molar-refractivity contribution in [3.05, 3.63) is 64.3 Å². The van der Waals surface area contributed by atoms with Gasteiger partial charge in [-0.05, 0) is 38.5 Å². The summed E-state index contributed by atoms with van der Waals surface area (Å²) in [5, 5.41) is 1.21. The number of benzene rings is 1. The topological polar surface area (TPSA) is 88.9 Å². The van der Waals surface area contributed by atoms with Crippen molar-refractivity contribution in [2.24, 2.45) is 0 Å². The molecule has 3 rings (SSSR count). The number of sulfonamides is 1. The molecule has 1 aliphatic rings. The highest BCUT2D eigenvalue weighted by Crippen LogP contribution is 2.18. The Morgan fingerprint density at radius 2 is 1.72 bits per heavy atom. The van der Waals surface area contributed by atoms with Gasteiger partial charge in [-0.15, -0.1) is 0 Å². The fourth-order valence-corrected chi connectivity index (χ4v) is 4.88. The first-order valence-electron chi connectivity index (χ1n) is 10.6. The Morgan fingerprint density at radius 3 is 2.34 bits per heavy atom. The average molecular weight is 460 g/mol. The number of hydrogen-bond donors (Lipinski definition) is 0. The van der Waals surface area contributed by atoms with Gasteiger partial charge in [-0.3, -0.25) is 4.79 Å². The number of amides is 1.